The SMILES string of the molecule is CCC(=O)N(NS(=O)(=O)c1ccccc1)C(Cc1ccc(OC)cc1)C(=O)O. The van der Waals surface area contributed by atoms with E-state index in [9.17, 15) is 23.1 Å². The highest BCUT2D eigenvalue weighted by atomic mass is 32.2. The Kier molecular flexibility index (Phi) is 7.13. The van der Waals surface area contributed by atoms with Crippen LogP contribution in [0, 0.1) is 0 Å². The van der Waals surface area contributed by atoms with E-state index in [0.29, 0.717) is 16.3 Å². The van der Waals surface area contributed by atoms with E-state index in [-0.39, 0.29) is 17.7 Å². The molecule has 150 valence electrons. The summed E-state index contributed by atoms with van der Waals surface area (Å²) in [5.74, 6) is -1.38. The molecule has 2 N–H and O–H groups in total. The molecule has 0 aliphatic heterocycles. The molecule has 9 heteroatoms. The van der Waals surface area contributed by atoms with Crippen LogP contribution in [-0.4, -0.2) is 43.6 Å². The average Bonchev–Trinajstić information content (AvgIpc) is 2.70. The van der Waals surface area contributed by atoms with Crippen LogP contribution in [0.15, 0.2) is 59.5 Å². The van der Waals surface area contributed by atoms with Gasteiger partial charge >= 0.3 is 5.97 Å². The Morgan fingerprint density at radius 2 is 1.71 bits per heavy atom. The summed E-state index contributed by atoms with van der Waals surface area (Å²) in [6.07, 6.45) is -0.147. The second-order valence-electron chi connectivity index (χ2n) is 5.93. The van der Waals surface area contributed by atoms with E-state index in [4.69, 9.17) is 4.74 Å². The number of benzene rings is 2. The lowest BCUT2D eigenvalue weighted by molar-refractivity contribution is -0.151. The number of hydrazine groups is 1. The molecule has 2 rings (SSSR count). The molecule has 1 unspecified atom stereocenters. The summed E-state index contributed by atoms with van der Waals surface area (Å²) in [7, 11) is -2.62. The number of hydrogen-bond acceptors (Lipinski definition) is 5. The number of amides is 1. The van der Waals surface area contributed by atoms with Gasteiger partial charge in [-0.2, -0.15) is 0 Å². The smallest absolute Gasteiger partial charge is 0.328 e. The number of carbonyl (C=O) groups excluding carboxylic acids is 1. The highest BCUT2D eigenvalue weighted by Crippen LogP contribution is 2.16. The molecule has 0 aromatic heterocycles. The lowest BCUT2D eigenvalue weighted by Gasteiger charge is -2.29. The van der Waals surface area contributed by atoms with Crippen molar-refractivity contribution in [3.05, 3.63) is 60.2 Å². The minimum atomic E-state index is -4.12. The quantitative estimate of drug-likeness (QED) is 0.614. The van der Waals surface area contributed by atoms with E-state index in [2.05, 4.69) is 4.83 Å². The number of ether oxygens (including phenoxy) is 1. The molecule has 0 aliphatic carbocycles. The average molecular weight is 406 g/mol. The zero-order valence-corrected chi connectivity index (χ0v) is 16.3. The minimum Gasteiger partial charge on any atom is -0.497 e. The molecule has 2 aromatic carbocycles. The van der Waals surface area contributed by atoms with Gasteiger partial charge in [-0.1, -0.05) is 37.3 Å². The largest absolute Gasteiger partial charge is 0.497 e. The predicted octanol–water partition coefficient (Wildman–Crippen LogP) is 1.82. The highest BCUT2D eigenvalue weighted by molar-refractivity contribution is 7.89. The van der Waals surface area contributed by atoms with Gasteiger partial charge in [0.15, 0.2) is 6.04 Å². The summed E-state index contributed by atoms with van der Waals surface area (Å²) in [5.41, 5.74) is 0.612. The number of carboxylic acid groups (broad SMARTS) is 1. The Labute approximate surface area is 163 Å². The van der Waals surface area contributed by atoms with Gasteiger partial charge in [0, 0.05) is 12.8 Å². The summed E-state index contributed by atoms with van der Waals surface area (Å²) in [4.78, 5) is 26.3. The van der Waals surface area contributed by atoms with Crippen molar-refractivity contribution in [2.75, 3.05) is 7.11 Å². The number of sulfonamides is 1. The second-order valence-corrected chi connectivity index (χ2v) is 7.59. The van der Waals surface area contributed by atoms with Crippen molar-refractivity contribution in [2.45, 2.75) is 30.7 Å². The molecular formula is C19H22N2O6S. The van der Waals surface area contributed by atoms with Crippen molar-refractivity contribution in [3.63, 3.8) is 0 Å². The van der Waals surface area contributed by atoms with E-state index in [0.717, 1.165) is 0 Å². The fourth-order valence-electron chi connectivity index (χ4n) is 2.51. The third-order valence-corrected chi connectivity index (χ3v) is 5.36. The Hall–Kier alpha value is -2.91. The van der Waals surface area contributed by atoms with Gasteiger partial charge in [0.05, 0.1) is 12.0 Å². The zero-order chi connectivity index (χ0) is 20.7. The molecule has 0 aliphatic rings. The summed E-state index contributed by atoms with van der Waals surface area (Å²) < 4.78 is 30.3. The topological polar surface area (TPSA) is 113 Å². The van der Waals surface area contributed by atoms with Gasteiger partial charge in [-0.25, -0.2) is 18.2 Å². The van der Waals surface area contributed by atoms with E-state index >= 15 is 0 Å². The molecule has 8 nitrogen and oxygen atoms in total. The summed E-state index contributed by atoms with van der Waals surface area (Å²) in [6, 6.07) is 12.7. The Balaban J connectivity index is 2.34. The van der Waals surface area contributed by atoms with E-state index < -0.39 is 27.9 Å². The van der Waals surface area contributed by atoms with Crippen molar-refractivity contribution < 1.29 is 27.9 Å². The van der Waals surface area contributed by atoms with Crippen LogP contribution in [0.25, 0.3) is 0 Å². The minimum absolute atomic E-state index is 0.0658. The summed E-state index contributed by atoms with van der Waals surface area (Å²) in [6.45, 7) is 1.53. The van der Waals surface area contributed by atoms with Crippen LogP contribution >= 0.6 is 0 Å². The van der Waals surface area contributed by atoms with Crippen LogP contribution in [0.1, 0.15) is 18.9 Å². The van der Waals surface area contributed by atoms with Crippen LogP contribution in [0.4, 0.5) is 0 Å². The fraction of sp³-hybridized carbons (Fsp3) is 0.263. The van der Waals surface area contributed by atoms with Crippen molar-refractivity contribution in [1.29, 1.82) is 0 Å². The third-order valence-electron chi connectivity index (χ3n) is 4.03. The van der Waals surface area contributed by atoms with Crippen LogP contribution in [-0.2, 0) is 26.0 Å². The number of rotatable bonds is 9. The first kappa shape index (κ1) is 21.4. The Morgan fingerprint density at radius 1 is 1.11 bits per heavy atom. The lowest BCUT2D eigenvalue weighted by Crippen LogP contribution is -2.55. The zero-order valence-electron chi connectivity index (χ0n) is 15.5. The third kappa shape index (κ3) is 5.30. The van der Waals surface area contributed by atoms with E-state index in [1.54, 1.807) is 30.3 Å². The Bertz CT molecular complexity index is 913. The van der Waals surface area contributed by atoms with Gasteiger partial charge < -0.3 is 9.84 Å². The molecule has 0 spiro atoms. The van der Waals surface area contributed by atoms with Crippen LogP contribution in [0.3, 0.4) is 0 Å². The van der Waals surface area contributed by atoms with Crippen molar-refractivity contribution in [2.24, 2.45) is 0 Å². The molecule has 0 fully saturated rings. The highest BCUT2D eigenvalue weighted by Gasteiger charge is 2.33. The Morgan fingerprint density at radius 3 is 2.21 bits per heavy atom. The second kappa shape index (κ2) is 9.34. The summed E-state index contributed by atoms with van der Waals surface area (Å²) in [5, 5.41) is 10.3. The monoisotopic (exact) mass is 406 g/mol. The van der Waals surface area contributed by atoms with E-state index in [1.165, 1.54) is 38.3 Å². The first-order valence-corrected chi connectivity index (χ1v) is 10.0. The normalized spacial score (nSPS) is 12.2. The molecule has 0 heterocycles. The van der Waals surface area contributed by atoms with Gasteiger partial charge in [0.2, 0.25) is 5.91 Å². The first-order chi connectivity index (χ1) is 13.3. The molecular weight excluding hydrogens is 384 g/mol. The van der Waals surface area contributed by atoms with Gasteiger partial charge in [0.25, 0.3) is 10.0 Å². The van der Waals surface area contributed by atoms with Crippen LogP contribution in [0.5, 0.6) is 5.75 Å². The molecule has 0 bridgehead atoms. The van der Waals surface area contributed by atoms with Crippen molar-refractivity contribution in [1.82, 2.24) is 9.84 Å². The molecule has 0 radical (unpaired) electrons. The maximum atomic E-state index is 12.6. The fourth-order valence-corrected chi connectivity index (χ4v) is 3.62. The first-order valence-electron chi connectivity index (χ1n) is 8.53. The van der Waals surface area contributed by atoms with Crippen molar-refractivity contribution in [3.8, 4) is 5.75 Å². The number of nitrogens with one attached hydrogen (secondary N) is 1. The number of aliphatic carboxylic acids is 1. The molecule has 1 amide bonds. The van der Waals surface area contributed by atoms with E-state index in [1.807, 2.05) is 0 Å². The van der Waals surface area contributed by atoms with Gasteiger partial charge in [0.1, 0.15) is 5.75 Å². The number of carboxylic acids is 1. The number of hydrogen-bond donors (Lipinski definition) is 2. The van der Waals surface area contributed by atoms with Crippen LogP contribution < -0.4 is 9.57 Å². The summed E-state index contributed by atoms with van der Waals surface area (Å²) >= 11 is 0. The molecule has 0 saturated carbocycles. The maximum absolute atomic E-state index is 12.6. The molecule has 28 heavy (non-hydrogen) atoms. The molecule has 1 atom stereocenters. The van der Waals surface area contributed by atoms with Gasteiger partial charge in [-0.15, -0.1) is 4.83 Å². The molecule has 2 aromatic rings. The lowest BCUT2D eigenvalue weighted by atomic mass is 10.1. The molecule has 0 saturated heterocycles. The number of methoxy groups -OCH3 is 1. The van der Waals surface area contributed by atoms with Crippen molar-refractivity contribution >= 4 is 21.9 Å². The number of nitrogens with zero attached hydrogens (tertiary/aromatic N) is 1. The number of carbonyl (C=O) groups is 2. The van der Waals surface area contributed by atoms with Crippen LogP contribution in [0.2, 0.25) is 0 Å². The van der Waals surface area contributed by atoms with Gasteiger partial charge in [-0.3, -0.25) is 4.79 Å². The standard InChI is InChI=1S/C19H22N2O6S/c1-3-18(22)21(20-28(25,26)16-7-5-4-6-8-16)17(19(23)24)13-14-9-11-15(27-2)12-10-14/h4-12,17,20H,3,13H2,1-2H3,(H,23,24). The predicted molar refractivity (Wildman–Crippen MR) is 102 cm³/mol. The maximum Gasteiger partial charge on any atom is 0.328 e. The van der Waals surface area contributed by atoms with Gasteiger partial charge in [-0.05, 0) is 29.8 Å².